The first-order valence-corrected chi connectivity index (χ1v) is 10.5. The number of fused-ring (bicyclic) bond motifs is 1. The molecular formula is C26H23N5O. The van der Waals surface area contributed by atoms with Crippen molar-refractivity contribution in [3.05, 3.63) is 77.4 Å². The highest BCUT2D eigenvalue weighted by Crippen LogP contribution is 2.53. The average Bonchev–Trinajstić information content (AvgIpc) is 2.84. The minimum absolute atomic E-state index is 0.128. The van der Waals surface area contributed by atoms with Crippen LogP contribution in [-0.2, 0) is 6.54 Å². The molecule has 0 saturated heterocycles. The number of methoxy groups -OCH3 is 1. The fourth-order valence-electron chi connectivity index (χ4n) is 5.05. The molecular weight excluding hydrogens is 398 g/mol. The number of ether oxygens (including phenoxy) is 1. The van der Waals surface area contributed by atoms with E-state index >= 15 is 0 Å². The normalized spacial score (nSPS) is 24.2. The Morgan fingerprint density at radius 2 is 1.84 bits per heavy atom. The SMILES string of the molecule is COc1cccc([C@@H]2[C@H]3CN(Cc4ccccc4)CC=C3[C@H](C#N)C(=N)C2(C#N)C#N)c1. The fourth-order valence-corrected chi connectivity index (χ4v) is 5.05. The number of nitriles is 3. The summed E-state index contributed by atoms with van der Waals surface area (Å²) in [5, 5.41) is 39.0. The van der Waals surface area contributed by atoms with Gasteiger partial charge in [0.1, 0.15) is 11.7 Å². The molecule has 0 amide bonds. The van der Waals surface area contributed by atoms with Crippen LogP contribution in [0.15, 0.2) is 66.2 Å². The van der Waals surface area contributed by atoms with Crippen molar-refractivity contribution in [1.29, 1.82) is 21.2 Å². The van der Waals surface area contributed by atoms with Gasteiger partial charge in [-0.2, -0.15) is 15.8 Å². The Balaban J connectivity index is 1.82. The van der Waals surface area contributed by atoms with Crippen molar-refractivity contribution < 1.29 is 4.74 Å². The second-order valence-corrected chi connectivity index (χ2v) is 8.25. The molecule has 2 aliphatic rings. The molecule has 1 aliphatic carbocycles. The van der Waals surface area contributed by atoms with Crippen molar-refractivity contribution in [1.82, 2.24) is 4.90 Å². The first-order chi connectivity index (χ1) is 15.6. The highest BCUT2D eigenvalue weighted by molar-refractivity contribution is 6.00. The zero-order chi connectivity index (χ0) is 22.7. The van der Waals surface area contributed by atoms with Gasteiger partial charge in [0.15, 0.2) is 5.41 Å². The molecule has 1 saturated carbocycles. The van der Waals surface area contributed by atoms with Gasteiger partial charge in [-0.3, -0.25) is 4.90 Å². The smallest absolute Gasteiger partial charge is 0.189 e. The third kappa shape index (κ3) is 3.44. The quantitative estimate of drug-likeness (QED) is 0.750. The Morgan fingerprint density at radius 3 is 2.50 bits per heavy atom. The van der Waals surface area contributed by atoms with Gasteiger partial charge in [-0.15, -0.1) is 0 Å². The summed E-state index contributed by atoms with van der Waals surface area (Å²) in [5.41, 5.74) is 0.943. The number of hydrogen-bond donors (Lipinski definition) is 1. The van der Waals surface area contributed by atoms with Crippen LogP contribution in [0, 0.1) is 56.7 Å². The molecule has 1 heterocycles. The van der Waals surface area contributed by atoms with Gasteiger partial charge in [0.25, 0.3) is 0 Å². The Hall–Kier alpha value is -3.92. The summed E-state index contributed by atoms with van der Waals surface area (Å²) in [6.07, 6.45) is 2.02. The van der Waals surface area contributed by atoms with Crippen LogP contribution in [0.5, 0.6) is 5.75 Å². The first kappa shape index (κ1) is 21.3. The number of nitrogens with zero attached hydrogens (tertiary/aromatic N) is 4. The summed E-state index contributed by atoms with van der Waals surface area (Å²) >= 11 is 0. The molecule has 0 unspecified atom stereocenters. The Labute approximate surface area is 188 Å². The molecule has 6 nitrogen and oxygen atoms in total. The van der Waals surface area contributed by atoms with Gasteiger partial charge in [0.05, 0.1) is 31.0 Å². The van der Waals surface area contributed by atoms with Crippen molar-refractivity contribution >= 4 is 5.71 Å². The summed E-state index contributed by atoms with van der Waals surface area (Å²) in [7, 11) is 1.57. The summed E-state index contributed by atoms with van der Waals surface area (Å²) in [5.74, 6) is -1.05. The second-order valence-electron chi connectivity index (χ2n) is 8.25. The molecule has 32 heavy (non-hydrogen) atoms. The minimum Gasteiger partial charge on any atom is -0.497 e. The van der Waals surface area contributed by atoms with Crippen molar-refractivity contribution in [2.45, 2.75) is 12.5 Å². The predicted octanol–water partition coefficient (Wildman–Crippen LogP) is 4.04. The van der Waals surface area contributed by atoms with Gasteiger partial charge in [-0.05, 0) is 28.8 Å². The third-order valence-corrected chi connectivity index (χ3v) is 6.57. The molecule has 1 N–H and O–H groups in total. The van der Waals surface area contributed by atoms with E-state index in [0.717, 1.165) is 17.7 Å². The molecule has 2 aromatic carbocycles. The van der Waals surface area contributed by atoms with Crippen LogP contribution in [0.1, 0.15) is 17.0 Å². The van der Waals surface area contributed by atoms with Gasteiger partial charge >= 0.3 is 0 Å². The molecule has 0 spiro atoms. The van der Waals surface area contributed by atoms with E-state index in [-0.39, 0.29) is 11.6 Å². The van der Waals surface area contributed by atoms with Crippen molar-refractivity contribution in [3.8, 4) is 24.0 Å². The Kier molecular flexibility index (Phi) is 5.78. The summed E-state index contributed by atoms with van der Waals surface area (Å²) in [6, 6.07) is 24.0. The molecule has 1 fully saturated rings. The van der Waals surface area contributed by atoms with Crippen LogP contribution in [-0.4, -0.2) is 30.8 Å². The lowest BCUT2D eigenvalue weighted by Gasteiger charge is -2.47. The molecule has 0 bridgehead atoms. The maximum atomic E-state index is 10.2. The summed E-state index contributed by atoms with van der Waals surface area (Å²) in [4.78, 5) is 2.26. The molecule has 6 heteroatoms. The van der Waals surface area contributed by atoms with Gasteiger partial charge < -0.3 is 10.1 Å². The van der Waals surface area contributed by atoms with Crippen molar-refractivity contribution in [2.24, 2.45) is 17.3 Å². The van der Waals surface area contributed by atoms with Crippen LogP contribution in [0.4, 0.5) is 0 Å². The predicted molar refractivity (Wildman–Crippen MR) is 120 cm³/mol. The number of hydrogen-bond acceptors (Lipinski definition) is 6. The summed E-state index contributed by atoms with van der Waals surface area (Å²) in [6.45, 7) is 1.98. The zero-order valence-electron chi connectivity index (χ0n) is 17.8. The minimum atomic E-state index is -1.72. The zero-order valence-corrected chi connectivity index (χ0v) is 17.8. The Bertz CT molecular complexity index is 1170. The van der Waals surface area contributed by atoms with E-state index in [0.29, 0.717) is 18.8 Å². The molecule has 3 atom stereocenters. The largest absolute Gasteiger partial charge is 0.497 e. The van der Waals surface area contributed by atoms with E-state index < -0.39 is 17.3 Å². The molecule has 0 aromatic heterocycles. The summed E-state index contributed by atoms with van der Waals surface area (Å²) < 4.78 is 5.39. The van der Waals surface area contributed by atoms with E-state index in [1.54, 1.807) is 7.11 Å². The lowest BCUT2D eigenvalue weighted by atomic mass is 9.54. The molecule has 4 rings (SSSR count). The first-order valence-electron chi connectivity index (χ1n) is 10.5. The van der Waals surface area contributed by atoms with Gasteiger partial charge in [0, 0.05) is 31.5 Å². The topological polar surface area (TPSA) is 108 Å². The van der Waals surface area contributed by atoms with Gasteiger partial charge in [-0.25, -0.2) is 0 Å². The fraction of sp³-hybridized carbons (Fsp3) is 0.308. The highest BCUT2D eigenvalue weighted by Gasteiger charge is 2.57. The van der Waals surface area contributed by atoms with Crippen molar-refractivity contribution in [2.75, 3.05) is 20.2 Å². The van der Waals surface area contributed by atoms with Crippen LogP contribution >= 0.6 is 0 Å². The van der Waals surface area contributed by atoms with Crippen LogP contribution in [0.25, 0.3) is 0 Å². The monoisotopic (exact) mass is 421 g/mol. The van der Waals surface area contributed by atoms with E-state index in [9.17, 15) is 15.8 Å². The van der Waals surface area contributed by atoms with Gasteiger partial charge in [-0.1, -0.05) is 48.5 Å². The molecule has 158 valence electrons. The molecule has 2 aromatic rings. The van der Waals surface area contributed by atoms with E-state index in [4.69, 9.17) is 10.1 Å². The maximum Gasteiger partial charge on any atom is 0.189 e. The van der Waals surface area contributed by atoms with Crippen molar-refractivity contribution in [3.63, 3.8) is 0 Å². The van der Waals surface area contributed by atoms with E-state index in [1.165, 1.54) is 5.56 Å². The van der Waals surface area contributed by atoms with Gasteiger partial charge in [0.2, 0.25) is 0 Å². The number of rotatable bonds is 4. The standard InChI is InChI=1S/C26H23N5O/c1-32-20-9-5-8-19(12-20)24-23-15-31(14-18-6-3-2-4-7-18)11-10-21(23)22(13-27)25(30)26(24,16-28)17-29/h2-10,12,22-24,30H,11,14-15H2,1H3/t22-,23-,24+/m0/s1. The molecule has 1 aliphatic heterocycles. The lowest BCUT2D eigenvalue weighted by Crippen LogP contribution is -2.52. The lowest BCUT2D eigenvalue weighted by molar-refractivity contribution is 0.198. The number of benzene rings is 2. The second kappa shape index (κ2) is 8.67. The average molecular weight is 422 g/mol. The van der Waals surface area contributed by atoms with Crippen LogP contribution in [0.3, 0.4) is 0 Å². The maximum absolute atomic E-state index is 10.2. The highest BCUT2D eigenvalue weighted by atomic mass is 16.5. The molecule has 0 radical (unpaired) electrons. The number of nitrogens with one attached hydrogen (secondary N) is 1. The van der Waals surface area contributed by atoms with Crippen LogP contribution in [0.2, 0.25) is 0 Å². The van der Waals surface area contributed by atoms with E-state index in [2.05, 4.69) is 35.2 Å². The van der Waals surface area contributed by atoms with Crippen LogP contribution < -0.4 is 4.74 Å². The third-order valence-electron chi connectivity index (χ3n) is 6.57. The van der Waals surface area contributed by atoms with E-state index in [1.807, 2.05) is 48.5 Å². The Morgan fingerprint density at radius 1 is 1.09 bits per heavy atom.